The molecule has 0 saturated heterocycles. The van der Waals surface area contributed by atoms with Gasteiger partial charge in [0.25, 0.3) is 0 Å². The van der Waals surface area contributed by atoms with E-state index in [1.165, 1.54) is 0 Å². The topological polar surface area (TPSA) is 167 Å². The van der Waals surface area contributed by atoms with Crippen molar-refractivity contribution in [3.63, 3.8) is 0 Å². The van der Waals surface area contributed by atoms with Crippen molar-refractivity contribution >= 4 is 23.3 Å². The van der Waals surface area contributed by atoms with Gasteiger partial charge in [-0.15, -0.1) is 0 Å². The molecule has 0 radical (unpaired) electrons. The number of nitriles is 2. The third kappa shape index (κ3) is 4.50. The Morgan fingerprint density at radius 3 is 2.69 bits per heavy atom. The largest absolute Gasteiger partial charge is 0.490 e. The summed E-state index contributed by atoms with van der Waals surface area (Å²) in [6.07, 6.45) is 3.80. The number of anilines is 3. The van der Waals surface area contributed by atoms with Gasteiger partial charge in [-0.05, 0) is 44.5 Å². The number of nitrogens with two attached hydrogens (primary N) is 2. The summed E-state index contributed by atoms with van der Waals surface area (Å²) in [7, 11) is 0. The molecular weight excluding hydrogens is 408 g/mol. The smallest absolute Gasteiger partial charge is 0.211 e. The van der Waals surface area contributed by atoms with E-state index < -0.39 is 6.04 Å². The molecule has 164 valence electrons. The molecule has 2 aromatic rings. The summed E-state index contributed by atoms with van der Waals surface area (Å²) in [6, 6.07) is 6.75. The minimum Gasteiger partial charge on any atom is -0.490 e. The van der Waals surface area contributed by atoms with Crippen molar-refractivity contribution in [3.05, 3.63) is 46.5 Å². The zero-order valence-electron chi connectivity index (χ0n) is 18.1. The van der Waals surface area contributed by atoms with Gasteiger partial charge in [0.05, 0.1) is 12.3 Å². The summed E-state index contributed by atoms with van der Waals surface area (Å²) in [5.74, 6) is 1.62. The maximum atomic E-state index is 9.46. The molecule has 0 aliphatic carbocycles. The number of benzene rings is 1. The van der Waals surface area contributed by atoms with Crippen LogP contribution in [0.15, 0.2) is 34.8 Å². The van der Waals surface area contributed by atoms with Gasteiger partial charge in [0.2, 0.25) is 5.96 Å². The van der Waals surface area contributed by atoms with Crippen molar-refractivity contribution in [2.24, 2.45) is 4.99 Å². The summed E-state index contributed by atoms with van der Waals surface area (Å²) in [5, 5.41) is 23.9. The molecule has 2 heterocycles. The lowest BCUT2D eigenvalue weighted by atomic mass is 9.95. The predicted molar refractivity (Wildman–Crippen MR) is 122 cm³/mol. The molecule has 1 aromatic heterocycles. The predicted octanol–water partition coefficient (Wildman–Crippen LogP) is 2.80. The number of guanidine groups is 1. The van der Waals surface area contributed by atoms with E-state index in [-0.39, 0.29) is 23.0 Å². The fourth-order valence-corrected chi connectivity index (χ4v) is 3.20. The number of hydrogen-bond acceptors (Lipinski definition) is 10. The van der Waals surface area contributed by atoms with Crippen molar-refractivity contribution in [2.45, 2.75) is 26.8 Å². The molecule has 0 saturated carbocycles. The van der Waals surface area contributed by atoms with Crippen molar-refractivity contribution < 1.29 is 9.47 Å². The van der Waals surface area contributed by atoms with Crippen LogP contribution < -0.4 is 31.6 Å². The summed E-state index contributed by atoms with van der Waals surface area (Å²) < 4.78 is 11.6. The van der Waals surface area contributed by atoms with Crippen LogP contribution in [0.3, 0.4) is 0 Å². The quantitative estimate of drug-likeness (QED) is 0.305. The maximum absolute atomic E-state index is 9.46. The van der Waals surface area contributed by atoms with Crippen LogP contribution in [0.25, 0.3) is 0 Å². The molecule has 1 atom stereocenters. The van der Waals surface area contributed by atoms with Crippen LogP contribution in [0.5, 0.6) is 11.5 Å². The highest BCUT2D eigenvalue weighted by atomic mass is 16.5. The number of nitrogens with one attached hydrogen (secondary N) is 2. The average molecular weight is 432 g/mol. The lowest BCUT2D eigenvalue weighted by Crippen LogP contribution is -2.32. The van der Waals surface area contributed by atoms with E-state index in [0.29, 0.717) is 41.7 Å². The number of hydrogen-bond donors (Lipinski definition) is 4. The lowest BCUT2D eigenvalue weighted by Gasteiger charge is -2.26. The highest BCUT2D eigenvalue weighted by Crippen LogP contribution is 2.42. The number of aliphatic imine (C=N–C) groups is 1. The fourth-order valence-electron chi connectivity index (χ4n) is 3.20. The summed E-state index contributed by atoms with van der Waals surface area (Å²) in [6.45, 7) is 6.72. The third-order valence-corrected chi connectivity index (χ3v) is 4.67. The van der Waals surface area contributed by atoms with Gasteiger partial charge in [-0.1, -0.05) is 11.6 Å². The van der Waals surface area contributed by atoms with Crippen LogP contribution in [0.4, 0.5) is 17.3 Å². The van der Waals surface area contributed by atoms with Gasteiger partial charge in [-0.3, -0.25) is 5.32 Å². The standard InChI is InChI=1S/C22H24N8O2/c1-4-31-16-9-13(5-6-15(16)32-8-7-12(2)3)19-17-18(25)14(10-23)20(26)29-21(17)30-22(28-19)27-11-24/h5-7,9,19H,4,8H2,1-3H3,(H6,25,26,27,28,29,30). The molecule has 3 rings (SSSR count). The van der Waals surface area contributed by atoms with Crippen LogP contribution in [0, 0.1) is 22.8 Å². The van der Waals surface area contributed by atoms with E-state index in [2.05, 4.69) is 20.6 Å². The van der Waals surface area contributed by atoms with Gasteiger partial charge in [0, 0.05) is 5.56 Å². The molecule has 10 heteroatoms. The molecule has 1 aromatic carbocycles. The van der Waals surface area contributed by atoms with Crippen LogP contribution in [-0.2, 0) is 0 Å². The Hall–Kier alpha value is -4.44. The second-order valence-corrected chi connectivity index (χ2v) is 7.13. The number of aromatic nitrogens is 1. The molecule has 0 fully saturated rings. The Kier molecular flexibility index (Phi) is 6.66. The van der Waals surface area contributed by atoms with Gasteiger partial charge < -0.3 is 26.3 Å². The molecule has 0 amide bonds. The van der Waals surface area contributed by atoms with E-state index in [4.69, 9.17) is 26.2 Å². The molecule has 1 aliphatic heterocycles. The Morgan fingerprint density at radius 1 is 1.25 bits per heavy atom. The van der Waals surface area contributed by atoms with Crippen LogP contribution in [0.1, 0.15) is 43.5 Å². The first-order valence-corrected chi connectivity index (χ1v) is 9.91. The number of pyridine rings is 1. The molecule has 0 spiro atoms. The van der Waals surface area contributed by atoms with Gasteiger partial charge in [0.15, 0.2) is 17.7 Å². The van der Waals surface area contributed by atoms with Gasteiger partial charge in [-0.2, -0.15) is 10.5 Å². The molecule has 1 unspecified atom stereocenters. The molecule has 32 heavy (non-hydrogen) atoms. The summed E-state index contributed by atoms with van der Waals surface area (Å²) in [5.41, 5.74) is 14.8. The van der Waals surface area contributed by atoms with Crippen molar-refractivity contribution in [1.82, 2.24) is 10.3 Å². The van der Waals surface area contributed by atoms with E-state index in [0.717, 1.165) is 5.57 Å². The Morgan fingerprint density at radius 2 is 2.03 bits per heavy atom. The Balaban J connectivity index is 2.11. The second kappa shape index (κ2) is 9.58. The number of allylic oxidation sites excluding steroid dienone is 1. The minimum atomic E-state index is -0.659. The van der Waals surface area contributed by atoms with Gasteiger partial charge in [-0.25, -0.2) is 9.98 Å². The normalized spacial score (nSPS) is 14.0. The van der Waals surface area contributed by atoms with Gasteiger partial charge >= 0.3 is 0 Å². The summed E-state index contributed by atoms with van der Waals surface area (Å²) in [4.78, 5) is 8.82. The first kappa shape index (κ1) is 22.2. The number of nitrogens with zero attached hydrogens (tertiary/aromatic N) is 4. The Labute approximate surface area is 186 Å². The highest BCUT2D eigenvalue weighted by molar-refractivity contribution is 5.98. The molecule has 10 nitrogen and oxygen atoms in total. The van der Waals surface area contributed by atoms with E-state index >= 15 is 0 Å². The molecule has 0 bridgehead atoms. The fraction of sp³-hybridized carbons (Fsp3) is 0.273. The van der Waals surface area contributed by atoms with Crippen molar-refractivity contribution in [2.75, 3.05) is 30.0 Å². The highest BCUT2D eigenvalue weighted by Gasteiger charge is 2.30. The third-order valence-electron chi connectivity index (χ3n) is 4.67. The van der Waals surface area contributed by atoms with E-state index in [1.807, 2.05) is 45.2 Å². The van der Waals surface area contributed by atoms with E-state index in [1.54, 1.807) is 12.1 Å². The van der Waals surface area contributed by atoms with Crippen LogP contribution >= 0.6 is 0 Å². The maximum Gasteiger partial charge on any atom is 0.211 e. The molecule has 1 aliphatic rings. The van der Waals surface area contributed by atoms with E-state index in [9.17, 15) is 5.26 Å². The summed E-state index contributed by atoms with van der Waals surface area (Å²) >= 11 is 0. The van der Waals surface area contributed by atoms with Gasteiger partial charge in [0.1, 0.15) is 35.9 Å². The SMILES string of the molecule is CCOc1cc(C2N=C(NC#N)Nc3nc(N)c(C#N)c(N)c32)ccc1OCC=C(C)C. The molecule has 6 N–H and O–H groups in total. The zero-order valence-corrected chi connectivity index (χ0v) is 18.1. The minimum absolute atomic E-state index is 0.00812. The van der Waals surface area contributed by atoms with Crippen LogP contribution in [-0.4, -0.2) is 24.2 Å². The van der Waals surface area contributed by atoms with Crippen molar-refractivity contribution in [3.8, 4) is 23.8 Å². The lowest BCUT2D eigenvalue weighted by molar-refractivity contribution is 0.296. The Bertz CT molecular complexity index is 1170. The number of nitrogen functional groups attached to an aromatic ring is 2. The second-order valence-electron chi connectivity index (χ2n) is 7.13. The molecular formula is C22H24N8O2. The first-order chi connectivity index (χ1) is 15.4. The average Bonchev–Trinajstić information content (AvgIpc) is 2.74. The van der Waals surface area contributed by atoms with Crippen LogP contribution in [0.2, 0.25) is 0 Å². The van der Waals surface area contributed by atoms with Crippen molar-refractivity contribution in [1.29, 1.82) is 10.5 Å². The first-order valence-electron chi connectivity index (χ1n) is 9.91. The number of fused-ring (bicyclic) bond motifs is 1. The number of ether oxygens (including phenoxy) is 2. The zero-order chi connectivity index (χ0) is 23.3. The number of rotatable bonds is 6. The monoisotopic (exact) mass is 432 g/mol.